The summed E-state index contributed by atoms with van der Waals surface area (Å²) in [5.41, 5.74) is 1.21. The van der Waals surface area contributed by atoms with Crippen molar-refractivity contribution in [1.29, 1.82) is 5.26 Å². The Morgan fingerprint density at radius 2 is 1.95 bits per heavy atom. The van der Waals surface area contributed by atoms with E-state index in [0.717, 1.165) is 5.56 Å². The number of ether oxygens (including phenoxy) is 1. The van der Waals surface area contributed by atoms with E-state index in [1.807, 2.05) is 25.1 Å². The molecule has 0 aliphatic heterocycles. The first-order valence-corrected chi connectivity index (χ1v) is 6.42. The quantitative estimate of drug-likeness (QED) is 0.805. The number of Topliss-reactive ketones (excluding diaryl/α,β-unsaturated/α-hetero) is 1. The lowest BCUT2D eigenvalue weighted by Crippen LogP contribution is -2.15. The molecule has 1 unspecified atom stereocenters. The van der Waals surface area contributed by atoms with E-state index in [1.54, 1.807) is 12.1 Å². The van der Waals surface area contributed by atoms with Crippen LogP contribution in [0.15, 0.2) is 42.5 Å². The highest BCUT2D eigenvalue weighted by molar-refractivity contribution is 6.05. The lowest BCUT2D eigenvalue weighted by molar-refractivity contribution is 0.0971. The number of rotatable bonds is 4. The molecule has 0 aliphatic carbocycles. The normalized spacial score (nSPS) is 11.5. The van der Waals surface area contributed by atoms with Crippen LogP contribution in [0.1, 0.15) is 27.4 Å². The summed E-state index contributed by atoms with van der Waals surface area (Å²) in [7, 11) is 1.36. The van der Waals surface area contributed by atoms with Crippen LogP contribution in [0, 0.1) is 24.1 Å². The predicted octanol–water partition coefficient (Wildman–Crippen LogP) is 3.63. The van der Waals surface area contributed by atoms with Crippen LogP contribution < -0.4 is 4.74 Å². The van der Waals surface area contributed by atoms with E-state index in [1.165, 1.54) is 25.3 Å². The van der Waals surface area contributed by atoms with Crippen LogP contribution in [0.4, 0.5) is 4.39 Å². The van der Waals surface area contributed by atoms with Gasteiger partial charge in [0.25, 0.3) is 0 Å². The van der Waals surface area contributed by atoms with Gasteiger partial charge in [-0.15, -0.1) is 0 Å². The molecule has 4 heteroatoms. The zero-order valence-electron chi connectivity index (χ0n) is 11.8. The first-order chi connectivity index (χ1) is 10.1. The summed E-state index contributed by atoms with van der Waals surface area (Å²) in [6.45, 7) is 1.81. The maximum absolute atomic E-state index is 14.0. The fourth-order valence-corrected chi connectivity index (χ4v) is 2.24. The second-order valence-electron chi connectivity index (χ2n) is 4.60. The highest BCUT2D eigenvalue weighted by Crippen LogP contribution is 2.29. The average Bonchev–Trinajstić information content (AvgIpc) is 2.49. The Hall–Kier alpha value is -2.67. The molecule has 1 atom stereocenters. The lowest BCUT2D eigenvalue weighted by Gasteiger charge is -2.14. The zero-order chi connectivity index (χ0) is 15.4. The monoisotopic (exact) mass is 283 g/mol. The smallest absolute Gasteiger partial charge is 0.191 e. The van der Waals surface area contributed by atoms with Crippen molar-refractivity contribution in [3.05, 3.63) is 65.0 Å². The van der Waals surface area contributed by atoms with Gasteiger partial charge in [0.05, 0.1) is 18.7 Å². The number of carbonyl (C=O) groups excluding carboxylic acids is 1. The molecule has 0 fully saturated rings. The van der Waals surface area contributed by atoms with Crippen molar-refractivity contribution in [2.75, 3.05) is 7.11 Å². The molecule has 0 N–H and O–H groups in total. The number of halogens is 1. The summed E-state index contributed by atoms with van der Waals surface area (Å²) in [6, 6.07) is 13.2. The van der Waals surface area contributed by atoms with E-state index in [0.29, 0.717) is 5.56 Å². The number of ketones is 1. The van der Waals surface area contributed by atoms with Gasteiger partial charge in [-0.25, -0.2) is 4.39 Å². The van der Waals surface area contributed by atoms with E-state index in [9.17, 15) is 14.4 Å². The van der Waals surface area contributed by atoms with E-state index in [2.05, 4.69) is 0 Å². The van der Waals surface area contributed by atoms with Crippen molar-refractivity contribution in [1.82, 2.24) is 0 Å². The molecule has 0 saturated heterocycles. The minimum Gasteiger partial charge on any atom is -0.496 e. The van der Waals surface area contributed by atoms with Crippen molar-refractivity contribution in [2.24, 2.45) is 0 Å². The fraction of sp³-hybridized carbons (Fsp3) is 0.176. The molecule has 0 amide bonds. The van der Waals surface area contributed by atoms with Crippen LogP contribution in [-0.2, 0) is 0 Å². The van der Waals surface area contributed by atoms with E-state index < -0.39 is 17.5 Å². The predicted molar refractivity (Wildman–Crippen MR) is 76.8 cm³/mol. The molecule has 2 rings (SSSR count). The van der Waals surface area contributed by atoms with Crippen LogP contribution >= 0.6 is 0 Å². The van der Waals surface area contributed by atoms with Gasteiger partial charge in [-0.05, 0) is 30.2 Å². The minimum atomic E-state index is -1.06. The van der Waals surface area contributed by atoms with Crippen LogP contribution in [0.5, 0.6) is 5.75 Å². The summed E-state index contributed by atoms with van der Waals surface area (Å²) >= 11 is 0. The number of hydrogen-bond acceptors (Lipinski definition) is 3. The largest absolute Gasteiger partial charge is 0.496 e. The number of nitrogens with zero attached hydrogens (tertiary/aromatic N) is 1. The molecular formula is C17H14FNO2. The Balaban J connectivity index is 2.53. The second kappa shape index (κ2) is 6.19. The highest BCUT2D eigenvalue weighted by atomic mass is 19.1. The molecule has 2 aromatic carbocycles. The Labute approximate surface area is 122 Å². The van der Waals surface area contributed by atoms with Crippen molar-refractivity contribution in [3.8, 4) is 11.8 Å². The molecule has 0 spiro atoms. The first kappa shape index (κ1) is 14.7. The molecule has 0 bridgehead atoms. The van der Waals surface area contributed by atoms with Crippen LogP contribution in [0.3, 0.4) is 0 Å². The Morgan fingerprint density at radius 3 is 2.57 bits per heavy atom. The van der Waals surface area contributed by atoms with Gasteiger partial charge in [-0.1, -0.05) is 30.3 Å². The van der Waals surface area contributed by atoms with E-state index in [-0.39, 0.29) is 11.3 Å². The number of nitriles is 1. The van der Waals surface area contributed by atoms with Gasteiger partial charge in [0, 0.05) is 0 Å². The average molecular weight is 283 g/mol. The van der Waals surface area contributed by atoms with Crippen LogP contribution in [0.2, 0.25) is 0 Å². The van der Waals surface area contributed by atoms with Crippen LogP contribution in [-0.4, -0.2) is 12.9 Å². The summed E-state index contributed by atoms with van der Waals surface area (Å²) in [5, 5.41) is 9.36. The van der Waals surface area contributed by atoms with Gasteiger partial charge in [-0.2, -0.15) is 5.26 Å². The van der Waals surface area contributed by atoms with Crippen molar-refractivity contribution in [3.63, 3.8) is 0 Å². The minimum absolute atomic E-state index is 0.133. The van der Waals surface area contributed by atoms with Gasteiger partial charge in [0.15, 0.2) is 5.78 Å². The number of hydrogen-bond donors (Lipinski definition) is 0. The molecule has 0 heterocycles. The molecule has 0 radical (unpaired) electrons. The number of methoxy groups -OCH3 is 1. The molecule has 2 aromatic rings. The summed E-state index contributed by atoms with van der Waals surface area (Å²) in [5.74, 6) is -2.21. The highest BCUT2D eigenvalue weighted by Gasteiger charge is 2.28. The first-order valence-electron chi connectivity index (χ1n) is 6.42. The van der Waals surface area contributed by atoms with Gasteiger partial charge >= 0.3 is 0 Å². The molecule has 0 aliphatic rings. The third-order valence-electron chi connectivity index (χ3n) is 3.33. The summed E-state index contributed by atoms with van der Waals surface area (Å²) in [4.78, 5) is 12.6. The standard InChI is InChI=1S/C17H14FNO2/c1-11-6-3-4-7-12(11)13(10-19)17(20)16-14(18)8-5-9-15(16)21-2/h3-9,13H,1-2H3. The fourth-order valence-electron chi connectivity index (χ4n) is 2.24. The maximum atomic E-state index is 14.0. The molecule has 0 aromatic heterocycles. The van der Waals surface area contributed by atoms with Gasteiger partial charge in [0.1, 0.15) is 17.5 Å². The molecule has 3 nitrogen and oxygen atoms in total. The molecule has 21 heavy (non-hydrogen) atoms. The van der Waals surface area contributed by atoms with Crippen LogP contribution in [0.25, 0.3) is 0 Å². The number of aryl methyl sites for hydroxylation is 1. The summed E-state index contributed by atoms with van der Waals surface area (Å²) in [6.07, 6.45) is 0. The Bertz CT molecular complexity index is 719. The third kappa shape index (κ3) is 2.77. The lowest BCUT2D eigenvalue weighted by atomic mass is 9.88. The van der Waals surface area contributed by atoms with E-state index in [4.69, 9.17) is 4.74 Å². The molecule has 106 valence electrons. The SMILES string of the molecule is COc1cccc(F)c1C(=O)C(C#N)c1ccccc1C. The zero-order valence-corrected chi connectivity index (χ0v) is 11.8. The number of benzene rings is 2. The Kier molecular flexibility index (Phi) is 4.34. The van der Waals surface area contributed by atoms with Crippen molar-refractivity contribution in [2.45, 2.75) is 12.8 Å². The second-order valence-corrected chi connectivity index (χ2v) is 4.60. The number of carbonyl (C=O) groups is 1. The van der Waals surface area contributed by atoms with Crippen molar-refractivity contribution >= 4 is 5.78 Å². The summed E-state index contributed by atoms with van der Waals surface area (Å²) < 4.78 is 19.0. The topological polar surface area (TPSA) is 50.1 Å². The molecular weight excluding hydrogens is 269 g/mol. The Morgan fingerprint density at radius 1 is 1.24 bits per heavy atom. The molecule has 0 saturated carbocycles. The van der Waals surface area contributed by atoms with E-state index >= 15 is 0 Å². The maximum Gasteiger partial charge on any atom is 0.191 e. The van der Waals surface area contributed by atoms with Crippen molar-refractivity contribution < 1.29 is 13.9 Å². The van der Waals surface area contributed by atoms with Gasteiger partial charge in [0.2, 0.25) is 0 Å². The third-order valence-corrected chi connectivity index (χ3v) is 3.33. The van der Waals surface area contributed by atoms with Gasteiger partial charge in [-0.3, -0.25) is 4.79 Å². The van der Waals surface area contributed by atoms with Gasteiger partial charge < -0.3 is 4.74 Å².